The van der Waals surface area contributed by atoms with Gasteiger partial charge < -0.3 is 24.8 Å². The number of pyridine rings is 1. The fraction of sp³-hybridized carbons (Fsp3) is 0.188. The molecule has 0 saturated heterocycles. The van der Waals surface area contributed by atoms with Crippen LogP contribution in [0.1, 0.15) is 18.4 Å². The van der Waals surface area contributed by atoms with Gasteiger partial charge >= 0.3 is 5.97 Å². The average molecular weight is 542 g/mol. The molecule has 3 N–H and O–H groups in total. The molecule has 40 heavy (non-hydrogen) atoms. The highest BCUT2D eigenvalue weighted by molar-refractivity contribution is 6.01. The van der Waals surface area contributed by atoms with E-state index in [1.165, 1.54) is 12.1 Å². The molecule has 4 aromatic carbocycles. The lowest BCUT2D eigenvalue weighted by molar-refractivity contribution is -0.139. The third kappa shape index (κ3) is 5.88. The van der Waals surface area contributed by atoms with Crippen LogP contribution in [0.3, 0.4) is 0 Å². The summed E-state index contributed by atoms with van der Waals surface area (Å²) >= 11 is 0. The Morgan fingerprint density at radius 3 is 2.33 bits per heavy atom. The number of aliphatic hydroxyl groups excluding tert-OH is 2. The van der Waals surface area contributed by atoms with Crippen LogP contribution in [-0.2, 0) is 4.79 Å². The molecule has 1 heterocycles. The fourth-order valence-electron chi connectivity index (χ4n) is 4.78. The molecular weight excluding hydrogens is 513 g/mol. The molecule has 0 radical (unpaired) electrons. The van der Waals surface area contributed by atoms with Crippen LogP contribution in [0.4, 0.5) is 4.39 Å². The molecule has 0 aliphatic rings. The molecule has 2 atom stereocenters. The minimum Gasteiger partial charge on any atom is -0.490 e. The number of aromatic nitrogens is 1. The van der Waals surface area contributed by atoms with Crippen molar-refractivity contribution in [1.29, 1.82) is 0 Å². The molecule has 0 unspecified atom stereocenters. The van der Waals surface area contributed by atoms with E-state index in [0.717, 1.165) is 27.2 Å². The summed E-state index contributed by atoms with van der Waals surface area (Å²) in [6, 6.07) is 25.0. The Morgan fingerprint density at radius 2 is 1.57 bits per heavy atom. The van der Waals surface area contributed by atoms with Gasteiger partial charge in [0.25, 0.3) is 0 Å². The monoisotopic (exact) mass is 541 g/mol. The first-order valence-electron chi connectivity index (χ1n) is 12.9. The van der Waals surface area contributed by atoms with Gasteiger partial charge in [0.2, 0.25) is 5.88 Å². The van der Waals surface area contributed by atoms with Crippen LogP contribution in [0.2, 0.25) is 0 Å². The van der Waals surface area contributed by atoms with E-state index in [1.54, 1.807) is 18.2 Å². The van der Waals surface area contributed by atoms with Gasteiger partial charge in [-0.1, -0.05) is 54.6 Å². The summed E-state index contributed by atoms with van der Waals surface area (Å²) in [6.07, 6.45) is -3.00. The number of ether oxygens (including phenoxy) is 2. The molecule has 0 spiro atoms. The number of aliphatic hydroxyl groups is 2. The smallest absolute Gasteiger partial charge is 0.305 e. The Bertz CT molecular complexity index is 1670. The number of aliphatic carboxylic acids is 1. The summed E-state index contributed by atoms with van der Waals surface area (Å²) in [5, 5.41) is 32.0. The number of nitrogens with zero attached hydrogens (tertiary/aromatic N) is 1. The van der Waals surface area contributed by atoms with E-state index in [9.17, 15) is 19.4 Å². The van der Waals surface area contributed by atoms with E-state index in [2.05, 4.69) is 4.98 Å². The van der Waals surface area contributed by atoms with E-state index in [-0.39, 0.29) is 13.0 Å². The van der Waals surface area contributed by atoms with Crippen molar-refractivity contribution in [2.45, 2.75) is 32.0 Å². The van der Waals surface area contributed by atoms with Crippen LogP contribution in [0.25, 0.3) is 32.8 Å². The zero-order valence-corrected chi connectivity index (χ0v) is 21.8. The third-order valence-corrected chi connectivity index (χ3v) is 6.66. The Kier molecular flexibility index (Phi) is 7.91. The summed E-state index contributed by atoms with van der Waals surface area (Å²) in [5.74, 6) is -0.336. The molecule has 0 saturated carbocycles. The highest BCUT2D eigenvalue weighted by Gasteiger charge is 2.24. The number of para-hydroxylation sites is 1. The SMILES string of the molecule is Cc1c(OC[C@@H](O)C[C@@H](O)CC(=O)O)c(-c2ccc(F)cc2)c(Oc2ccc3ccccc3n2)c2ccccc12. The number of carboxylic acids is 1. The van der Waals surface area contributed by atoms with E-state index >= 15 is 0 Å². The van der Waals surface area contributed by atoms with Crippen molar-refractivity contribution in [1.82, 2.24) is 4.98 Å². The van der Waals surface area contributed by atoms with Gasteiger partial charge in [-0.3, -0.25) is 4.79 Å². The van der Waals surface area contributed by atoms with Crippen LogP contribution in [-0.4, -0.2) is 45.1 Å². The Balaban J connectivity index is 1.62. The predicted octanol–water partition coefficient (Wildman–Crippen LogP) is 6.26. The van der Waals surface area contributed by atoms with Crippen molar-refractivity contribution < 1.29 is 34.0 Å². The summed E-state index contributed by atoms with van der Waals surface area (Å²) in [7, 11) is 0. The van der Waals surface area contributed by atoms with Crippen molar-refractivity contribution >= 4 is 27.6 Å². The lowest BCUT2D eigenvalue weighted by atomic mass is 9.94. The average Bonchev–Trinajstić information content (AvgIpc) is 2.94. The summed E-state index contributed by atoms with van der Waals surface area (Å²) in [6.45, 7) is 1.67. The molecule has 0 amide bonds. The zero-order valence-electron chi connectivity index (χ0n) is 21.8. The lowest BCUT2D eigenvalue weighted by Gasteiger charge is -2.23. The maximum Gasteiger partial charge on any atom is 0.305 e. The fourth-order valence-corrected chi connectivity index (χ4v) is 4.78. The largest absolute Gasteiger partial charge is 0.490 e. The first-order valence-corrected chi connectivity index (χ1v) is 12.9. The van der Waals surface area contributed by atoms with E-state index in [4.69, 9.17) is 14.6 Å². The van der Waals surface area contributed by atoms with E-state index < -0.39 is 30.4 Å². The third-order valence-electron chi connectivity index (χ3n) is 6.66. The molecule has 0 bridgehead atoms. The molecule has 0 fully saturated rings. The number of rotatable bonds is 10. The van der Waals surface area contributed by atoms with Crippen molar-refractivity contribution in [2.75, 3.05) is 6.61 Å². The van der Waals surface area contributed by atoms with E-state index in [1.807, 2.05) is 61.5 Å². The van der Waals surface area contributed by atoms with Crippen LogP contribution >= 0.6 is 0 Å². The van der Waals surface area contributed by atoms with Gasteiger partial charge in [0.1, 0.15) is 23.9 Å². The molecule has 7 nitrogen and oxygen atoms in total. The van der Waals surface area contributed by atoms with Gasteiger partial charge in [-0.15, -0.1) is 0 Å². The van der Waals surface area contributed by atoms with Crippen LogP contribution in [0, 0.1) is 12.7 Å². The molecular formula is C32H28FNO6. The second kappa shape index (κ2) is 11.7. The molecule has 0 aliphatic heterocycles. The normalized spacial score (nSPS) is 12.8. The number of fused-ring (bicyclic) bond motifs is 2. The first-order chi connectivity index (χ1) is 19.3. The van der Waals surface area contributed by atoms with Crippen molar-refractivity contribution in [3.05, 3.63) is 96.3 Å². The maximum atomic E-state index is 13.9. The van der Waals surface area contributed by atoms with Crippen molar-refractivity contribution in [3.63, 3.8) is 0 Å². The predicted molar refractivity (Wildman–Crippen MR) is 150 cm³/mol. The zero-order chi connectivity index (χ0) is 28.2. The number of benzene rings is 4. The molecule has 5 rings (SSSR count). The molecule has 1 aromatic heterocycles. The Morgan fingerprint density at radius 1 is 0.875 bits per heavy atom. The second-order valence-corrected chi connectivity index (χ2v) is 9.61. The van der Waals surface area contributed by atoms with Crippen molar-refractivity contribution in [3.8, 4) is 28.5 Å². The lowest BCUT2D eigenvalue weighted by Crippen LogP contribution is -2.25. The Hall–Kier alpha value is -4.53. The molecule has 8 heteroatoms. The van der Waals surface area contributed by atoms with Gasteiger partial charge in [-0.25, -0.2) is 9.37 Å². The number of aryl methyl sites for hydroxylation is 1. The number of carbonyl (C=O) groups is 1. The first kappa shape index (κ1) is 27.1. The van der Waals surface area contributed by atoms with Crippen LogP contribution in [0.5, 0.6) is 17.4 Å². The highest BCUT2D eigenvalue weighted by atomic mass is 19.1. The van der Waals surface area contributed by atoms with Gasteiger partial charge in [0.05, 0.1) is 29.7 Å². The second-order valence-electron chi connectivity index (χ2n) is 9.61. The highest BCUT2D eigenvalue weighted by Crippen LogP contribution is 2.48. The molecule has 0 aliphatic carbocycles. The topological polar surface area (TPSA) is 109 Å². The number of carboxylic acid groups (broad SMARTS) is 1. The van der Waals surface area contributed by atoms with Gasteiger partial charge in [-0.05, 0) is 47.7 Å². The number of halogens is 1. The van der Waals surface area contributed by atoms with Crippen LogP contribution < -0.4 is 9.47 Å². The van der Waals surface area contributed by atoms with Gasteiger partial charge in [0.15, 0.2) is 0 Å². The molecule has 204 valence electrons. The maximum absolute atomic E-state index is 13.9. The number of hydrogen-bond acceptors (Lipinski definition) is 6. The number of hydrogen-bond donors (Lipinski definition) is 3. The van der Waals surface area contributed by atoms with Crippen molar-refractivity contribution in [2.24, 2.45) is 0 Å². The van der Waals surface area contributed by atoms with E-state index in [0.29, 0.717) is 28.5 Å². The Labute approximate surface area is 230 Å². The quantitative estimate of drug-likeness (QED) is 0.191. The van der Waals surface area contributed by atoms with Crippen LogP contribution in [0.15, 0.2) is 84.9 Å². The minimum absolute atomic E-state index is 0.171. The standard InChI is InChI=1S/C32H28FNO6/c1-19-25-7-3-4-8-26(25)32(40-28-15-12-20-6-2-5-9-27(20)34-28)30(21-10-13-22(33)14-11-21)31(19)39-18-24(36)16-23(35)17-29(37)38/h2-15,23-24,35-36H,16-18H2,1H3,(H,37,38)/t23-,24+/m1/s1. The summed E-state index contributed by atoms with van der Waals surface area (Å²) in [5.41, 5.74) is 2.71. The summed E-state index contributed by atoms with van der Waals surface area (Å²) in [4.78, 5) is 15.6. The van der Waals surface area contributed by atoms with Gasteiger partial charge in [0, 0.05) is 23.3 Å². The van der Waals surface area contributed by atoms with Gasteiger partial charge in [-0.2, -0.15) is 0 Å². The molecule has 5 aromatic rings. The summed E-state index contributed by atoms with van der Waals surface area (Å²) < 4.78 is 26.6. The minimum atomic E-state index is -1.22.